The van der Waals surface area contributed by atoms with Crippen molar-refractivity contribution in [1.82, 2.24) is 4.98 Å². The molecule has 2 aromatic carbocycles. The van der Waals surface area contributed by atoms with Crippen LogP contribution in [0.4, 0.5) is 0 Å². The van der Waals surface area contributed by atoms with Gasteiger partial charge in [-0.15, -0.1) is 0 Å². The number of carbonyl (C=O) groups excluding carboxylic acids is 2. The van der Waals surface area contributed by atoms with Crippen LogP contribution in [0.15, 0.2) is 79.1 Å². The Morgan fingerprint density at radius 2 is 1.67 bits per heavy atom. The quantitative estimate of drug-likeness (QED) is 0.370. The van der Waals surface area contributed by atoms with Crippen molar-refractivity contribution in [2.45, 2.75) is 6.92 Å². The molecule has 0 aliphatic rings. The predicted molar refractivity (Wildman–Crippen MR) is 105 cm³/mol. The fourth-order valence-electron chi connectivity index (χ4n) is 2.58. The summed E-state index contributed by atoms with van der Waals surface area (Å²) in [5, 5.41) is 0. The number of esters is 1. The molecule has 0 aliphatic carbocycles. The highest BCUT2D eigenvalue weighted by atomic mass is 16.5. The van der Waals surface area contributed by atoms with Gasteiger partial charge in [0.25, 0.3) is 0 Å². The summed E-state index contributed by atoms with van der Waals surface area (Å²) in [4.78, 5) is 28.0. The van der Waals surface area contributed by atoms with Crippen LogP contribution >= 0.6 is 0 Å². The first-order valence-electron chi connectivity index (χ1n) is 8.57. The van der Waals surface area contributed by atoms with Crippen LogP contribution < -0.4 is 0 Å². The smallest absolute Gasteiger partial charge is 0.331 e. The van der Waals surface area contributed by atoms with Gasteiger partial charge in [0.15, 0.2) is 12.4 Å². The van der Waals surface area contributed by atoms with Gasteiger partial charge in [-0.3, -0.25) is 9.78 Å². The molecule has 1 heterocycles. The number of ether oxygens (including phenoxy) is 1. The zero-order valence-electron chi connectivity index (χ0n) is 15.0. The first-order chi connectivity index (χ1) is 13.1. The topological polar surface area (TPSA) is 56.3 Å². The number of hydrogen-bond donors (Lipinski definition) is 0. The number of ketones is 1. The van der Waals surface area contributed by atoms with Crippen molar-refractivity contribution in [3.05, 3.63) is 95.8 Å². The average molecular weight is 357 g/mol. The van der Waals surface area contributed by atoms with E-state index in [4.69, 9.17) is 4.74 Å². The lowest BCUT2D eigenvalue weighted by Crippen LogP contribution is -2.12. The van der Waals surface area contributed by atoms with Crippen LogP contribution in [-0.2, 0) is 9.53 Å². The minimum absolute atomic E-state index is 0.242. The molecule has 0 radical (unpaired) electrons. The lowest BCUT2D eigenvalue weighted by Gasteiger charge is -2.05. The molecule has 4 nitrogen and oxygen atoms in total. The molecule has 0 atom stereocenters. The molecule has 0 N–H and O–H groups in total. The van der Waals surface area contributed by atoms with Crippen molar-refractivity contribution in [3.8, 4) is 11.1 Å². The standard InChI is InChI=1S/C23H19NO3/c1-17-13-18(15-24-14-17)7-12-23(26)27-16-22(25)21-10-8-20(9-11-21)19-5-3-2-4-6-19/h2-15H,16H2,1H3/b12-7+. The number of Topliss-reactive ketones (excluding diaryl/α,β-unsaturated/α-hetero) is 1. The largest absolute Gasteiger partial charge is 0.454 e. The van der Waals surface area contributed by atoms with Crippen molar-refractivity contribution < 1.29 is 14.3 Å². The molecule has 0 spiro atoms. The normalized spacial score (nSPS) is 10.7. The van der Waals surface area contributed by atoms with Gasteiger partial charge in [-0.2, -0.15) is 0 Å². The Morgan fingerprint density at radius 3 is 2.37 bits per heavy atom. The summed E-state index contributed by atoms with van der Waals surface area (Å²) < 4.78 is 5.03. The molecule has 134 valence electrons. The van der Waals surface area contributed by atoms with E-state index in [1.165, 1.54) is 6.08 Å². The molecular weight excluding hydrogens is 338 g/mol. The van der Waals surface area contributed by atoms with E-state index >= 15 is 0 Å². The van der Waals surface area contributed by atoms with E-state index in [-0.39, 0.29) is 12.4 Å². The van der Waals surface area contributed by atoms with Crippen LogP contribution in [0.2, 0.25) is 0 Å². The predicted octanol–water partition coefficient (Wildman–Crippen LogP) is 4.50. The molecule has 3 aromatic rings. The molecule has 3 rings (SSSR count). The lowest BCUT2D eigenvalue weighted by molar-refractivity contribution is -0.136. The van der Waals surface area contributed by atoms with Gasteiger partial charge in [-0.25, -0.2) is 4.79 Å². The van der Waals surface area contributed by atoms with Crippen molar-refractivity contribution in [1.29, 1.82) is 0 Å². The Balaban J connectivity index is 1.55. The number of pyridine rings is 1. The minimum atomic E-state index is -0.564. The number of carbonyl (C=O) groups is 2. The zero-order chi connectivity index (χ0) is 19.1. The number of aromatic nitrogens is 1. The Kier molecular flexibility index (Phi) is 5.90. The van der Waals surface area contributed by atoms with E-state index in [9.17, 15) is 9.59 Å². The Labute approximate surface area is 158 Å². The summed E-state index contributed by atoms with van der Waals surface area (Å²) in [6, 6.07) is 19.1. The SMILES string of the molecule is Cc1cncc(/C=C/C(=O)OCC(=O)c2ccc(-c3ccccc3)cc2)c1. The van der Waals surface area contributed by atoms with Gasteiger partial charge in [-0.05, 0) is 41.3 Å². The summed E-state index contributed by atoms with van der Waals surface area (Å²) in [6.07, 6.45) is 6.29. The van der Waals surface area contributed by atoms with Crippen LogP contribution in [0, 0.1) is 6.92 Å². The van der Waals surface area contributed by atoms with E-state index in [2.05, 4.69) is 4.98 Å². The summed E-state index contributed by atoms with van der Waals surface area (Å²) in [5.74, 6) is -0.806. The van der Waals surface area contributed by atoms with Gasteiger partial charge < -0.3 is 4.74 Å². The van der Waals surface area contributed by atoms with Crippen LogP contribution in [-0.4, -0.2) is 23.3 Å². The second kappa shape index (κ2) is 8.72. The molecule has 27 heavy (non-hydrogen) atoms. The average Bonchev–Trinajstić information content (AvgIpc) is 2.71. The molecular formula is C23H19NO3. The number of benzene rings is 2. The summed E-state index contributed by atoms with van der Waals surface area (Å²) >= 11 is 0. The third-order valence-electron chi connectivity index (χ3n) is 3.97. The van der Waals surface area contributed by atoms with E-state index in [1.807, 2.05) is 55.5 Å². The summed E-state index contributed by atoms with van der Waals surface area (Å²) in [6.45, 7) is 1.63. The van der Waals surface area contributed by atoms with Crippen LogP contribution in [0.1, 0.15) is 21.5 Å². The second-order valence-corrected chi connectivity index (χ2v) is 6.10. The first kappa shape index (κ1) is 18.3. The molecule has 1 aromatic heterocycles. The number of hydrogen-bond acceptors (Lipinski definition) is 4. The minimum Gasteiger partial charge on any atom is -0.454 e. The van der Waals surface area contributed by atoms with Crippen molar-refractivity contribution in [2.75, 3.05) is 6.61 Å². The lowest BCUT2D eigenvalue weighted by atomic mass is 10.0. The summed E-state index contributed by atoms with van der Waals surface area (Å²) in [7, 11) is 0. The van der Waals surface area contributed by atoms with Crippen LogP contribution in [0.3, 0.4) is 0 Å². The van der Waals surface area contributed by atoms with Crippen LogP contribution in [0.5, 0.6) is 0 Å². The van der Waals surface area contributed by atoms with Gasteiger partial charge in [0.2, 0.25) is 0 Å². The highest BCUT2D eigenvalue weighted by molar-refractivity contribution is 5.99. The summed E-state index contributed by atoms with van der Waals surface area (Å²) in [5.41, 5.74) is 4.42. The molecule has 0 aliphatic heterocycles. The molecule has 0 saturated heterocycles. The fourth-order valence-corrected chi connectivity index (χ4v) is 2.58. The van der Waals surface area contributed by atoms with Gasteiger partial charge in [0.05, 0.1) is 0 Å². The third-order valence-corrected chi connectivity index (χ3v) is 3.97. The molecule has 0 amide bonds. The van der Waals surface area contributed by atoms with Crippen LogP contribution in [0.25, 0.3) is 17.2 Å². The van der Waals surface area contributed by atoms with E-state index in [0.717, 1.165) is 22.3 Å². The monoisotopic (exact) mass is 357 g/mol. The Morgan fingerprint density at radius 1 is 0.963 bits per heavy atom. The van der Waals surface area contributed by atoms with E-state index in [1.54, 1.807) is 30.6 Å². The van der Waals surface area contributed by atoms with E-state index in [0.29, 0.717) is 5.56 Å². The van der Waals surface area contributed by atoms with Gasteiger partial charge in [-0.1, -0.05) is 54.6 Å². The van der Waals surface area contributed by atoms with Gasteiger partial charge in [0, 0.05) is 24.0 Å². The maximum Gasteiger partial charge on any atom is 0.331 e. The highest BCUT2D eigenvalue weighted by Gasteiger charge is 2.09. The molecule has 0 saturated carbocycles. The first-order valence-corrected chi connectivity index (χ1v) is 8.57. The molecule has 4 heteroatoms. The second-order valence-electron chi connectivity index (χ2n) is 6.10. The maximum atomic E-state index is 12.2. The number of rotatable bonds is 6. The number of aryl methyl sites for hydroxylation is 1. The van der Waals surface area contributed by atoms with Crippen molar-refractivity contribution in [2.24, 2.45) is 0 Å². The fraction of sp³-hybridized carbons (Fsp3) is 0.0870. The van der Waals surface area contributed by atoms with Gasteiger partial charge >= 0.3 is 5.97 Å². The van der Waals surface area contributed by atoms with Crippen molar-refractivity contribution >= 4 is 17.8 Å². The molecule has 0 fully saturated rings. The maximum absolute atomic E-state index is 12.2. The number of nitrogens with zero attached hydrogens (tertiary/aromatic N) is 1. The highest BCUT2D eigenvalue weighted by Crippen LogP contribution is 2.19. The van der Waals surface area contributed by atoms with Gasteiger partial charge in [0.1, 0.15) is 0 Å². The van der Waals surface area contributed by atoms with Crippen molar-refractivity contribution in [3.63, 3.8) is 0 Å². The zero-order valence-corrected chi connectivity index (χ0v) is 15.0. The molecule has 0 bridgehead atoms. The van der Waals surface area contributed by atoms with E-state index < -0.39 is 5.97 Å². The Bertz CT molecular complexity index is 960. The third kappa shape index (κ3) is 5.22. The molecule has 0 unspecified atom stereocenters. The Hall–Kier alpha value is -3.53.